The molecule has 2 aromatic rings. The van der Waals surface area contributed by atoms with Crippen LogP contribution in [0, 0.1) is 0 Å². The molecule has 0 amide bonds. The number of fused-ring (bicyclic) bond motifs is 1. The van der Waals surface area contributed by atoms with E-state index in [4.69, 9.17) is 0 Å². The van der Waals surface area contributed by atoms with Crippen LogP contribution >= 0.6 is 0 Å². The molecule has 0 aliphatic heterocycles. The van der Waals surface area contributed by atoms with Crippen LogP contribution in [0.1, 0.15) is 0 Å². The molecule has 0 bridgehead atoms. The number of benzene rings is 1. The van der Waals surface area contributed by atoms with Gasteiger partial charge in [0.1, 0.15) is 0 Å². The van der Waals surface area contributed by atoms with Gasteiger partial charge in [-0.15, -0.1) is 0 Å². The molecule has 5 heteroatoms. The molecular formula is C12H15N3O2. The fourth-order valence-electron chi connectivity index (χ4n) is 1.81. The van der Waals surface area contributed by atoms with Crippen LogP contribution in [0.5, 0.6) is 0 Å². The molecule has 17 heavy (non-hydrogen) atoms. The fourth-order valence-corrected chi connectivity index (χ4v) is 1.81. The van der Waals surface area contributed by atoms with E-state index in [9.17, 15) is 9.90 Å². The minimum atomic E-state index is -0.594. The average molecular weight is 233 g/mol. The van der Waals surface area contributed by atoms with Gasteiger partial charge >= 0.3 is 0 Å². The number of hydrogen-bond acceptors (Lipinski definition) is 4. The number of aliphatic hydroxyl groups is 1. The molecular weight excluding hydrogens is 218 g/mol. The Labute approximate surface area is 98.7 Å². The van der Waals surface area contributed by atoms with Crippen molar-refractivity contribution < 1.29 is 5.11 Å². The van der Waals surface area contributed by atoms with Crippen molar-refractivity contribution in [3.8, 4) is 0 Å². The number of rotatable bonds is 4. The monoisotopic (exact) mass is 233 g/mol. The Hall–Kier alpha value is -1.72. The Morgan fingerprint density at radius 3 is 3.00 bits per heavy atom. The van der Waals surface area contributed by atoms with Gasteiger partial charge in [0.05, 0.1) is 29.9 Å². The summed E-state index contributed by atoms with van der Waals surface area (Å²) in [6.07, 6.45) is 0.692. The van der Waals surface area contributed by atoms with Crippen molar-refractivity contribution in [2.45, 2.75) is 12.6 Å². The van der Waals surface area contributed by atoms with Crippen molar-refractivity contribution in [2.24, 2.45) is 0 Å². The van der Waals surface area contributed by atoms with E-state index in [-0.39, 0.29) is 12.1 Å². The molecule has 1 unspecified atom stereocenters. The highest BCUT2D eigenvalue weighted by Gasteiger charge is 2.08. The normalized spacial score (nSPS) is 12.8. The summed E-state index contributed by atoms with van der Waals surface area (Å²) in [5, 5.41) is 12.6. The Balaban J connectivity index is 2.44. The first-order chi connectivity index (χ1) is 8.22. The molecule has 2 rings (SSSR count). The Bertz CT molecular complexity index is 565. The standard InChI is InChI=1S/C12H15N3O2/c1-13-6-9(16)8-15-11-5-3-2-4-10(11)14-7-12(15)17/h2-5,7,9,13,16H,6,8H2,1H3. The maximum Gasteiger partial charge on any atom is 0.269 e. The Kier molecular flexibility index (Phi) is 3.51. The first-order valence-corrected chi connectivity index (χ1v) is 5.49. The number of nitrogens with one attached hydrogen (secondary N) is 1. The lowest BCUT2D eigenvalue weighted by molar-refractivity contribution is 0.154. The molecule has 0 saturated carbocycles. The Morgan fingerprint density at radius 1 is 1.47 bits per heavy atom. The summed E-state index contributed by atoms with van der Waals surface area (Å²) in [5.74, 6) is 0. The smallest absolute Gasteiger partial charge is 0.269 e. The summed E-state index contributed by atoms with van der Waals surface area (Å²) < 4.78 is 1.55. The van der Waals surface area contributed by atoms with Crippen LogP contribution in [0.25, 0.3) is 11.0 Å². The molecule has 0 spiro atoms. The third kappa shape index (κ3) is 2.51. The third-order valence-electron chi connectivity index (χ3n) is 2.59. The second kappa shape index (κ2) is 5.07. The predicted molar refractivity (Wildman–Crippen MR) is 65.9 cm³/mol. The van der Waals surface area contributed by atoms with Crippen LogP contribution < -0.4 is 10.9 Å². The molecule has 1 aromatic heterocycles. The minimum absolute atomic E-state index is 0.196. The van der Waals surface area contributed by atoms with Crippen molar-refractivity contribution in [1.29, 1.82) is 0 Å². The molecule has 0 aliphatic carbocycles. The minimum Gasteiger partial charge on any atom is -0.390 e. The molecule has 1 atom stereocenters. The van der Waals surface area contributed by atoms with E-state index in [1.54, 1.807) is 11.6 Å². The first kappa shape index (κ1) is 11.8. The van der Waals surface area contributed by atoms with Crippen molar-refractivity contribution in [3.63, 3.8) is 0 Å². The lowest BCUT2D eigenvalue weighted by Gasteiger charge is -2.13. The summed E-state index contributed by atoms with van der Waals surface area (Å²) in [6, 6.07) is 7.39. The van der Waals surface area contributed by atoms with Gasteiger partial charge in [0, 0.05) is 6.54 Å². The molecule has 0 saturated heterocycles. The van der Waals surface area contributed by atoms with Crippen LogP contribution in [0.3, 0.4) is 0 Å². The summed E-state index contributed by atoms with van der Waals surface area (Å²) >= 11 is 0. The van der Waals surface area contributed by atoms with Gasteiger partial charge in [-0.25, -0.2) is 4.98 Å². The van der Waals surface area contributed by atoms with Crippen LogP contribution in [-0.4, -0.2) is 34.4 Å². The second-order valence-corrected chi connectivity index (χ2v) is 3.91. The van der Waals surface area contributed by atoms with Gasteiger partial charge in [0.15, 0.2) is 0 Å². The van der Waals surface area contributed by atoms with Gasteiger partial charge in [0.2, 0.25) is 0 Å². The summed E-state index contributed by atoms with van der Waals surface area (Å²) in [7, 11) is 1.76. The van der Waals surface area contributed by atoms with Crippen LogP contribution in [0.4, 0.5) is 0 Å². The lowest BCUT2D eigenvalue weighted by atomic mass is 10.2. The molecule has 1 heterocycles. The van der Waals surface area contributed by atoms with Gasteiger partial charge < -0.3 is 15.0 Å². The molecule has 0 fully saturated rings. The molecule has 2 N–H and O–H groups in total. The molecule has 0 aliphatic rings. The number of aliphatic hydroxyl groups excluding tert-OH is 1. The van der Waals surface area contributed by atoms with Crippen LogP contribution in [-0.2, 0) is 6.54 Å². The number of aromatic nitrogens is 2. The van der Waals surface area contributed by atoms with Crippen molar-refractivity contribution >= 4 is 11.0 Å². The highest BCUT2D eigenvalue weighted by Crippen LogP contribution is 2.08. The molecule has 1 aromatic carbocycles. The number of para-hydroxylation sites is 2. The summed E-state index contributed by atoms with van der Waals surface area (Å²) in [4.78, 5) is 15.8. The maximum absolute atomic E-state index is 11.7. The van der Waals surface area contributed by atoms with E-state index in [0.29, 0.717) is 6.54 Å². The molecule has 5 nitrogen and oxygen atoms in total. The van der Waals surface area contributed by atoms with Crippen molar-refractivity contribution in [1.82, 2.24) is 14.9 Å². The number of likely N-dealkylation sites (N-methyl/N-ethyl adjacent to an activating group) is 1. The number of hydrogen-bond donors (Lipinski definition) is 2. The van der Waals surface area contributed by atoms with Gasteiger partial charge in [-0.2, -0.15) is 0 Å². The maximum atomic E-state index is 11.7. The van der Waals surface area contributed by atoms with E-state index >= 15 is 0 Å². The SMILES string of the molecule is CNCC(O)Cn1c(=O)cnc2ccccc21. The average Bonchev–Trinajstić information content (AvgIpc) is 2.33. The van der Waals surface area contributed by atoms with Gasteiger partial charge in [-0.1, -0.05) is 12.1 Å². The van der Waals surface area contributed by atoms with Gasteiger partial charge in [-0.3, -0.25) is 4.79 Å². The largest absolute Gasteiger partial charge is 0.390 e. The predicted octanol–water partition coefficient (Wildman–Crippen LogP) is -0.0232. The van der Waals surface area contributed by atoms with Crippen molar-refractivity contribution in [3.05, 3.63) is 40.8 Å². The van der Waals surface area contributed by atoms with E-state index in [1.165, 1.54) is 6.20 Å². The van der Waals surface area contributed by atoms with E-state index in [2.05, 4.69) is 10.3 Å². The van der Waals surface area contributed by atoms with Gasteiger partial charge in [-0.05, 0) is 19.2 Å². The highest BCUT2D eigenvalue weighted by molar-refractivity contribution is 5.74. The highest BCUT2D eigenvalue weighted by atomic mass is 16.3. The second-order valence-electron chi connectivity index (χ2n) is 3.91. The first-order valence-electron chi connectivity index (χ1n) is 5.49. The number of nitrogens with zero attached hydrogens (tertiary/aromatic N) is 2. The third-order valence-corrected chi connectivity index (χ3v) is 2.59. The zero-order valence-corrected chi connectivity index (χ0v) is 9.63. The van der Waals surface area contributed by atoms with E-state index < -0.39 is 6.10 Å². The van der Waals surface area contributed by atoms with E-state index in [1.807, 2.05) is 24.3 Å². The van der Waals surface area contributed by atoms with Crippen molar-refractivity contribution in [2.75, 3.05) is 13.6 Å². The fraction of sp³-hybridized carbons (Fsp3) is 0.333. The Morgan fingerprint density at radius 2 is 2.24 bits per heavy atom. The summed E-state index contributed by atoms with van der Waals surface area (Å²) in [5.41, 5.74) is 1.30. The van der Waals surface area contributed by atoms with Gasteiger partial charge in [0.25, 0.3) is 5.56 Å². The topological polar surface area (TPSA) is 67.2 Å². The quantitative estimate of drug-likeness (QED) is 0.778. The molecule has 0 radical (unpaired) electrons. The van der Waals surface area contributed by atoms with E-state index in [0.717, 1.165) is 11.0 Å². The zero-order chi connectivity index (χ0) is 12.3. The lowest BCUT2D eigenvalue weighted by Crippen LogP contribution is -2.32. The van der Waals surface area contributed by atoms with Crippen LogP contribution in [0.2, 0.25) is 0 Å². The molecule has 90 valence electrons. The summed E-state index contributed by atoms with van der Waals surface area (Å²) in [6.45, 7) is 0.714. The zero-order valence-electron chi connectivity index (χ0n) is 9.63. The van der Waals surface area contributed by atoms with Crippen LogP contribution in [0.15, 0.2) is 35.3 Å².